The zero-order valence-electron chi connectivity index (χ0n) is 18.0. The van der Waals surface area contributed by atoms with Gasteiger partial charge in [-0.3, -0.25) is 14.4 Å². The number of para-hydroxylation sites is 1. The predicted molar refractivity (Wildman–Crippen MR) is 121 cm³/mol. The molecule has 0 atom stereocenters. The van der Waals surface area contributed by atoms with Gasteiger partial charge in [0.2, 0.25) is 5.91 Å². The fourth-order valence-electron chi connectivity index (χ4n) is 4.27. The molecule has 0 bridgehead atoms. The Morgan fingerprint density at radius 2 is 1.75 bits per heavy atom. The third-order valence-electron chi connectivity index (χ3n) is 6.19. The highest BCUT2D eigenvalue weighted by molar-refractivity contribution is 6.06. The molecule has 32 heavy (non-hydrogen) atoms. The second-order valence-electron chi connectivity index (χ2n) is 8.17. The Balaban J connectivity index is 1.36. The number of amides is 2. The highest BCUT2D eigenvalue weighted by Crippen LogP contribution is 2.22. The van der Waals surface area contributed by atoms with Gasteiger partial charge in [-0.05, 0) is 37.0 Å². The first-order chi connectivity index (χ1) is 15.5. The number of aryl methyl sites for hydroxylation is 1. The molecule has 1 aromatic heterocycles. The van der Waals surface area contributed by atoms with Crippen molar-refractivity contribution in [2.45, 2.75) is 19.3 Å². The second kappa shape index (κ2) is 9.34. The number of nitrogens with zero attached hydrogens (tertiary/aromatic N) is 2. The van der Waals surface area contributed by atoms with E-state index in [1.807, 2.05) is 24.3 Å². The first-order valence-electron chi connectivity index (χ1n) is 10.8. The second-order valence-corrected chi connectivity index (χ2v) is 8.17. The maximum atomic E-state index is 13.7. The number of nitrogens with one attached hydrogen (secondary N) is 1. The van der Waals surface area contributed by atoms with Crippen LogP contribution >= 0.6 is 0 Å². The average Bonchev–Trinajstić information content (AvgIpc) is 2.82. The fraction of sp³-hybridized carbons (Fsp3) is 0.320. The van der Waals surface area contributed by atoms with Crippen molar-refractivity contribution >= 4 is 22.7 Å². The lowest BCUT2D eigenvalue weighted by atomic mass is 9.95. The van der Waals surface area contributed by atoms with Crippen molar-refractivity contribution in [3.63, 3.8) is 0 Å². The third kappa shape index (κ3) is 4.42. The number of benzene rings is 2. The molecule has 1 fully saturated rings. The van der Waals surface area contributed by atoms with Crippen LogP contribution in [0.1, 0.15) is 28.8 Å². The summed E-state index contributed by atoms with van der Waals surface area (Å²) in [5.74, 6) is -0.693. The highest BCUT2D eigenvalue weighted by atomic mass is 19.1. The molecule has 166 valence electrons. The molecule has 0 aliphatic carbocycles. The van der Waals surface area contributed by atoms with E-state index >= 15 is 0 Å². The molecule has 0 radical (unpaired) electrons. The van der Waals surface area contributed by atoms with E-state index in [1.54, 1.807) is 30.1 Å². The van der Waals surface area contributed by atoms with Crippen LogP contribution in [0.4, 0.5) is 4.39 Å². The van der Waals surface area contributed by atoms with Crippen LogP contribution in [-0.4, -0.2) is 40.9 Å². The van der Waals surface area contributed by atoms with Gasteiger partial charge in [0.15, 0.2) is 0 Å². The third-order valence-corrected chi connectivity index (χ3v) is 6.19. The molecule has 0 unspecified atom stereocenters. The molecule has 2 aromatic carbocycles. The molecule has 0 saturated carbocycles. The van der Waals surface area contributed by atoms with E-state index in [0.29, 0.717) is 55.5 Å². The van der Waals surface area contributed by atoms with Crippen LogP contribution in [0.25, 0.3) is 10.9 Å². The molecule has 6 nitrogen and oxygen atoms in total. The zero-order chi connectivity index (χ0) is 22.7. The number of piperidine rings is 1. The minimum atomic E-state index is -0.267. The van der Waals surface area contributed by atoms with E-state index in [1.165, 1.54) is 16.7 Å². The number of carbonyl (C=O) groups excluding carboxylic acids is 2. The predicted octanol–water partition coefficient (Wildman–Crippen LogP) is 2.89. The van der Waals surface area contributed by atoms with Crippen LogP contribution < -0.4 is 10.9 Å². The Morgan fingerprint density at radius 1 is 1.06 bits per heavy atom. The Kier molecular flexibility index (Phi) is 6.35. The number of rotatable bonds is 5. The number of fused-ring (bicyclic) bond motifs is 1. The number of carbonyl (C=O) groups is 2. The minimum absolute atomic E-state index is 0.0625. The first-order valence-corrected chi connectivity index (χ1v) is 10.8. The summed E-state index contributed by atoms with van der Waals surface area (Å²) in [5.41, 5.74) is 1.47. The van der Waals surface area contributed by atoms with Gasteiger partial charge in [-0.2, -0.15) is 0 Å². The quantitative estimate of drug-likeness (QED) is 0.670. The van der Waals surface area contributed by atoms with E-state index in [-0.39, 0.29) is 29.1 Å². The normalized spacial score (nSPS) is 14.5. The van der Waals surface area contributed by atoms with Crippen LogP contribution in [0.3, 0.4) is 0 Å². The van der Waals surface area contributed by atoms with Gasteiger partial charge in [0.05, 0.1) is 11.1 Å². The summed E-state index contributed by atoms with van der Waals surface area (Å²) in [6, 6.07) is 15.3. The maximum absolute atomic E-state index is 13.7. The number of hydrogen-bond acceptors (Lipinski definition) is 3. The molecule has 2 heterocycles. The van der Waals surface area contributed by atoms with Crippen molar-refractivity contribution in [3.8, 4) is 0 Å². The lowest BCUT2D eigenvalue weighted by Gasteiger charge is -2.31. The summed E-state index contributed by atoms with van der Waals surface area (Å²) in [4.78, 5) is 39.7. The van der Waals surface area contributed by atoms with Crippen molar-refractivity contribution < 1.29 is 14.0 Å². The van der Waals surface area contributed by atoms with Gasteiger partial charge in [-0.1, -0.05) is 36.4 Å². The summed E-state index contributed by atoms with van der Waals surface area (Å²) in [6.45, 7) is 1.28. The van der Waals surface area contributed by atoms with E-state index < -0.39 is 0 Å². The number of hydrogen-bond donors (Lipinski definition) is 1. The van der Waals surface area contributed by atoms with E-state index in [4.69, 9.17) is 0 Å². The fourth-order valence-corrected chi connectivity index (χ4v) is 4.27. The summed E-state index contributed by atoms with van der Waals surface area (Å²) < 4.78 is 15.2. The van der Waals surface area contributed by atoms with Gasteiger partial charge < -0.3 is 14.8 Å². The Morgan fingerprint density at radius 3 is 2.50 bits per heavy atom. The molecule has 1 saturated heterocycles. The summed E-state index contributed by atoms with van der Waals surface area (Å²) in [6.07, 6.45) is 1.55. The standard InChI is InChI=1S/C25H26FN3O3/c1-28-22-9-5-3-7-19(22)20(16-23(28)30)25(32)29-14-11-18(12-15-29)24(31)27-13-10-17-6-2-4-8-21(17)26/h2-9,16,18H,10-15H2,1H3,(H,27,31). The Hall–Kier alpha value is -3.48. The SMILES string of the molecule is Cn1c(=O)cc(C(=O)N2CCC(C(=O)NCCc3ccccc3F)CC2)c2ccccc21. The molecule has 1 N–H and O–H groups in total. The summed E-state index contributed by atoms with van der Waals surface area (Å²) in [7, 11) is 1.69. The summed E-state index contributed by atoms with van der Waals surface area (Å²) in [5, 5.41) is 3.63. The van der Waals surface area contributed by atoms with Gasteiger partial charge in [-0.15, -0.1) is 0 Å². The van der Waals surface area contributed by atoms with Gasteiger partial charge in [0.25, 0.3) is 11.5 Å². The first kappa shape index (κ1) is 21.7. The van der Waals surface area contributed by atoms with Gasteiger partial charge in [0, 0.05) is 44.1 Å². The maximum Gasteiger partial charge on any atom is 0.254 e. The molecule has 1 aliphatic rings. The Bertz CT molecular complexity index is 1210. The van der Waals surface area contributed by atoms with Crippen molar-refractivity contribution in [2.24, 2.45) is 13.0 Å². The summed E-state index contributed by atoms with van der Waals surface area (Å²) >= 11 is 0. The van der Waals surface area contributed by atoms with Crippen LogP contribution in [0.15, 0.2) is 59.4 Å². The molecule has 3 aromatic rings. The molecular weight excluding hydrogens is 409 g/mol. The number of halogens is 1. The average molecular weight is 435 g/mol. The topological polar surface area (TPSA) is 71.4 Å². The van der Waals surface area contributed by atoms with Crippen molar-refractivity contribution in [1.82, 2.24) is 14.8 Å². The van der Waals surface area contributed by atoms with Crippen molar-refractivity contribution in [3.05, 3.63) is 81.9 Å². The molecule has 7 heteroatoms. The molecule has 0 spiro atoms. The smallest absolute Gasteiger partial charge is 0.254 e. The zero-order valence-corrected chi connectivity index (χ0v) is 18.0. The largest absolute Gasteiger partial charge is 0.356 e. The van der Waals surface area contributed by atoms with Crippen molar-refractivity contribution in [1.29, 1.82) is 0 Å². The van der Waals surface area contributed by atoms with Gasteiger partial charge >= 0.3 is 0 Å². The van der Waals surface area contributed by atoms with Gasteiger partial charge in [0.1, 0.15) is 5.82 Å². The van der Waals surface area contributed by atoms with Crippen LogP contribution in [0.2, 0.25) is 0 Å². The van der Waals surface area contributed by atoms with E-state index in [2.05, 4.69) is 5.32 Å². The highest BCUT2D eigenvalue weighted by Gasteiger charge is 2.28. The lowest BCUT2D eigenvalue weighted by molar-refractivity contribution is -0.126. The van der Waals surface area contributed by atoms with Crippen molar-refractivity contribution in [2.75, 3.05) is 19.6 Å². The van der Waals surface area contributed by atoms with Crippen LogP contribution in [0, 0.1) is 11.7 Å². The van der Waals surface area contributed by atoms with Gasteiger partial charge in [-0.25, -0.2) is 4.39 Å². The van der Waals surface area contributed by atoms with Crippen LogP contribution in [0.5, 0.6) is 0 Å². The molecule has 2 amide bonds. The van der Waals surface area contributed by atoms with E-state index in [0.717, 1.165) is 5.39 Å². The molecule has 1 aliphatic heterocycles. The van der Waals surface area contributed by atoms with E-state index in [9.17, 15) is 18.8 Å². The monoisotopic (exact) mass is 435 g/mol. The number of pyridine rings is 1. The molecule has 4 rings (SSSR count). The minimum Gasteiger partial charge on any atom is -0.356 e. The molecular formula is C25H26FN3O3. The van der Waals surface area contributed by atoms with Crippen LogP contribution in [-0.2, 0) is 18.3 Å². The lowest BCUT2D eigenvalue weighted by Crippen LogP contribution is -2.43. The number of likely N-dealkylation sites (tertiary alicyclic amines) is 1. The number of aromatic nitrogens is 1. The Labute approximate surface area is 185 Å².